The molecule has 3 aromatic rings. The average Bonchev–Trinajstić information content (AvgIpc) is 2.77. The Morgan fingerprint density at radius 3 is 2.08 bits per heavy atom. The third-order valence-corrected chi connectivity index (χ3v) is 7.49. The van der Waals surface area contributed by atoms with E-state index in [4.69, 9.17) is 0 Å². The Balaban J connectivity index is 1.83. The number of aryl methyl sites for hydroxylation is 3. The fourth-order valence-corrected chi connectivity index (χ4v) is 5.98. The number of aliphatic carboxylic acids is 1. The summed E-state index contributed by atoms with van der Waals surface area (Å²) in [6.07, 6.45) is -0.0406. The molecule has 8 nitrogen and oxygen atoms in total. The maximum absolute atomic E-state index is 13.2. The first-order valence-corrected chi connectivity index (χ1v) is 13.4. The summed E-state index contributed by atoms with van der Waals surface area (Å²) in [5.74, 6) is -1.27. The van der Waals surface area contributed by atoms with Crippen LogP contribution in [0.5, 0.6) is 0 Å². The molecule has 4 N–H and O–H groups in total. The first-order chi connectivity index (χ1) is 17.4. The van der Waals surface area contributed by atoms with Crippen molar-refractivity contribution in [2.75, 3.05) is 5.32 Å². The third-order valence-electron chi connectivity index (χ3n) is 5.71. The van der Waals surface area contributed by atoms with Gasteiger partial charge in [-0.05, 0) is 81.0 Å². The predicted octanol–water partition coefficient (Wildman–Crippen LogP) is 4.78. The largest absolute Gasteiger partial charge is 0.480 e. The molecule has 0 fully saturated rings. The second kappa shape index (κ2) is 11.6. The van der Waals surface area contributed by atoms with Crippen LogP contribution in [0.25, 0.3) is 11.1 Å². The predicted molar refractivity (Wildman–Crippen MR) is 145 cm³/mol. The fourth-order valence-electron chi connectivity index (χ4n) is 4.34. The molecule has 0 aromatic heterocycles. The van der Waals surface area contributed by atoms with E-state index in [1.54, 1.807) is 44.2 Å². The zero-order chi connectivity index (χ0) is 27.3. The van der Waals surface area contributed by atoms with Crippen molar-refractivity contribution in [1.82, 2.24) is 10.0 Å². The molecule has 0 radical (unpaired) electrons. The van der Waals surface area contributed by atoms with Gasteiger partial charge in [-0.3, -0.25) is 4.79 Å². The van der Waals surface area contributed by atoms with Gasteiger partial charge in [0.2, 0.25) is 10.0 Å². The molecule has 0 saturated carbocycles. The van der Waals surface area contributed by atoms with Crippen LogP contribution in [0.15, 0.2) is 65.6 Å². The van der Waals surface area contributed by atoms with Gasteiger partial charge in [-0.25, -0.2) is 13.2 Å². The van der Waals surface area contributed by atoms with Crippen molar-refractivity contribution >= 4 is 27.7 Å². The minimum Gasteiger partial charge on any atom is -0.480 e. The molecule has 0 aliphatic heterocycles. The van der Waals surface area contributed by atoms with E-state index in [0.717, 1.165) is 16.7 Å². The van der Waals surface area contributed by atoms with Crippen LogP contribution in [0.1, 0.15) is 36.1 Å². The number of anilines is 1. The summed E-state index contributed by atoms with van der Waals surface area (Å²) in [4.78, 5) is 24.2. The van der Waals surface area contributed by atoms with Gasteiger partial charge in [0.05, 0.1) is 4.90 Å². The van der Waals surface area contributed by atoms with Crippen molar-refractivity contribution in [2.45, 2.75) is 58.0 Å². The van der Waals surface area contributed by atoms with Gasteiger partial charge in [-0.1, -0.05) is 54.1 Å². The number of carboxylic acids is 1. The number of urea groups is 1. The summed E-state index contributed by atoms with van der Waals surface area (Å²) in [6, 6.07) is 16.4. The number of carbonyl (C=O) groups is 2. The van der Waals surface area contributed by atoms with Crippen LogP contribution < -0.4 is 15.4 Å². The van der Waals surface area contributed by atoms with Crippen LogP contribution in [0.2, 0.25) is 0 Å². The van der Waals surface area contributed by atoms with Crippen molar-refractivity contribution in [3.63, 3.8) is 0 Å². The third kappa shape index (κ3) is 7.41. The van der Waals surface area contributed by atoms with E-state index in [9.17, 15) is 23.1 Å². The number of sulfonamides is 1. The number of carboxylic acid groups (broad SMARTS) is 1. The second-order valence-electron chi connectivity index (χ2n) is 9.48. The van der Waals surface area contributed by atoms with E-state index < -0.39 is 22.0 Å². The van der Waals surface area contributed by atoms with Crippen LogP contribution in [0.4, 0.5) is 10.5 Å². The molecular weight excluding hydrogens is 490 g/mol. The molecule has 0 aliphatic carbocycles. The monoisotopic (exact) mass is 523 g/mol. The van der Waals surface area contributed by atoms with Crippen LogP contribution in [0, 0.1) is 20.8 Å². The van der Waals surface area contributed by atoms with E-state index in [1.165, 1.54) is 0 Å². The Bertz CT molecular complexity index is 1390. The molecular formula is C28H33N3O5S. The molecule has 196 valence electrons. The molecule has 0 bridgehead atoms. The molecule has 0 saturated heterocycles. The minimum absolute atomic E-state index is 0.00157. The number of benzene rings is 3. The van der Waals surface area contributed by atoms with E-state index >= 15 is 0 Å². The van der Waals surface area contributed by atoms with E-state index in [1.807, 2.05) is 51.1 Å². The van der Waals surface area contributed by atoms with Gasteiger partial charge < -0.3 is 15.7 Å². The maximum atomic E-state index is 13.2. The lowest BCUT2D eigenvalue weighted by atomic mass is 9.99. The highest BCUT2D eigenvalue weighted by atomic mass is 32.2. The zero-order valence-corrected chi connectivity index (χ0v) is 22.4. The van der Waals surface area contributed by atoms with Crippen molar-refractivity contribution in [3.05, 3.63) is 82.9 Å². The molecule has 9 heteroatoms. The normalized spacial score (nSPS) is 12.3. The van der Waals surface area contributed by atoms with Gasteiger partial charge in [0.25, 0.3) is 0 Å². The highest BCUT2D eigenvalue weighted by Crippen LogP contribution is 2.25. The Hall–Kier alpha value is -3.69. The number of nitrogens with one attached hydrogen (secondary N) is 3. The Kier molecular flexibility index (Phi) is 8.73. The number of amides is 2. The van der Waals surface area contributed by atoms with Crippen LogP contribution in [0.3, 0.4) is 0 Å². The Labute approximate surface area is 218 Å². The number of hydrogen-bond acceptors (Lipinski definition) is 4. The summed E-state index contributed by atoms with van der Waals surface area (Å²) >= 11 is 0. The van der Waals surface area contributed by atoms with Crippen molar-refractivity contribution in [3.8, 4) is 11.1 Å². The van der Waals surface area contributed by atoms with Gasteiger partial charge in [0, 0.05) is 11.7 Å². The first-order valence-electron chi connectivity index (χ1n) is 12.0. The van der Waals surface area contributed by atoms with Gasteiger partial charge >= 0.3 is 12.0 Å². The average molecular weight is 524 g/mol. The molecule has 1 atom stereocenters. The van der Waals surface area contributed by atoms with E-state index in [2.05, 4.69) is 15.4 Å². The zero-order valence-electron chi connectivity index (χ0n) is 21.6. The minimum atomic E-state index is -4.07. The molecule has 3 aromatic carbocycles. The Morgan fingerprint density at radius 1 is 0.892 bits per heavy atom. The van der Waals surface area contributed by atoms with E-state index in [-0.39, 0.29) is 23.4 Å². The molecule has 0 spiro atoms. The summed E-state index contributed by atoms with van der Waals surface area (Å²) < 4.78 is 28.7. The lowest BCUT2D eigenvalue weighted by Crippen LogP contribution is -2.42. The molecule has 2 amide bonds. The van der Waals surface area contributed by atoms with E-state index in [0.29, 0.717) is 22.4 Å². The summed E-state index contributed by atoms with van der Waals surface area (Å²) in [6.45, 7) is 9.01. The SMILES string of the molecule is Cc1cc(C)c(S(=O)(=O)N[C@@H](Cc2cccc(-c3cccc(NC(=O)NC(C)C)c3)c2)C(=O)O)c(C)c1. The topological polar surface area (TPSA) is 125 Å². The van der Waals surface area contributed by atoms with Gasteiger partial charge in [-0.2, -0.15) is 4.72 Å². The summed E-state index contributed by atoms with van der Waals surface area (Å²) in [7, 11) is -4.07. The van der Waals surface area contributed by atoms with Crippen molar-refractivity contribution in [1.29, 1.82) is 0 Å². The second-order valence-corrected chi connectivity index (χ2v) is 11.1. The van der Waals surface area contributed by atoms with Crippen LogP contribution >= 0.6 is 0 Å². The van der Waals surface area contributed by atoms with Gasteiger partial charge in [-0.15, -0.1) is 0 Å². The van der Waals surface area contributed by atoms with Gasteiger partial charge in [0.15, 0.2) is 0 Å². The first kappa shape index (κ1) is 27.9. The van der Waals surface area contributed by atoms with Crippen LogP contribution in [-0.2, 0) is 21.2 Å². The number of rotatable bonds is 9. The van der Waals surface area contributed by atoms with Crippen LogP contribution in [-0.4, -0.2) is 37.6 Å². The van der Waals surface area contributed by atoms with Crippen molar-refractivity contribution in [2.24, 2.45) is 0 Å². The molecule has 0 heterocycles. The molecule has 3 rings (SSSR count). The lowest BCUT2D eigenvalue weighted by molar-refractivity contribution is -0.138. The smallest absolute Gasteiger partial charge is 0.322 e. The number of carbonyl (C=O) groups excluding carboxylic acids is 1. The number of hydrogen-bond donors (Lipinski definition) is 4. The lowest BCUT2D eigenvalue weighted by Gasteiger charge is -2.18. The van der Waals surface area contributed by atoms with Crippen molar-refractivity contribution < 1.29 is 23.1 Å². The summed E-state index contributed by atoms with van der Waals surface area (Å²) in [5, 5.41) is 15.4. The maximum Gasteiger partial charge on any atom is 0.322 e. The fraction of sp³-hybridized carbons (Fsp3) is 0.286. The van der Waals surface area contributed by atoms with Gasteiger partial charge in [0.1, 0.15) is 6.04 Å². The summed E-state index contributed by atoms with van der Waals surface area (Å²) in [5.41, 5.74) is 4.95. The molecule has 0 unspecified atom stereocenters. The molecule has 37 heavy (non-hydrogen) atoms. The standard InChI is InChI=1S/C28H33N3O5S/c1-17(2)29-28(34)30-24-11-7-10-23(16-24)22-9-6-8-21(14-22)15-25(27(32)33)31-37(35,36)26-19(4)12-18(3)13-20(26)5/h6-14,16-17,25,31H,15H2,1-5H3,(H,32,33)(H2,29,30,34)/t25-/m0/s1. The highest BCUT2D eigenvalue weighted by Gasteiger charge is 2.28. The highest BCUT2D eigenvalue weighted by molar-refractivity contribution is 7.89. The quantitative estimate of drug-likeness (QED) is 0.321. The Morgan fingerprint density at radius 2 is 1.49 bits per heavy atom. The molecule has 0 aliphatic rings.